The molecule has 0 saturated heterocycles. The third-order valence-corrected chi connectivity index (χ3v) is 2.72. The van der Waals surface area contributed by atoms with Gasteiger partial charge in [-0.05, 0) is 25.0 Å². The normalized spacial score (nSPS) is 12.2. The Morgan fingerprint density at radius 1 is 1.61 bits per heavy atom. The minimum absolute atomic E-state index is 0.0763. The molecule has 0 radical (unpaired) electrons. The van der Waals surface area contributed by atoms with Gasteiger partial charge in [0.05, 0.1) is 12.6 Å². The molecule has 0 aliphatic carbocycles. The zero-order valence-electron chi connectivity index (χ0n) is 11.1. The van der Waals surface area contributed by atoms with Gasteiger partial charge in [-0.15, -0.1) is 0 Å². The largest absolute Gasteiger partial charge is 0.478 e. The number of methoxy groups -OCH3 is 1. The van der Waals surface area contributed by atoms with Crippen LogP contribution < -0.4 is 5.32 Å². The van der Waals surface area contributed by atoms with Crippen LogP contribution in [0.5, 0.6) is 0 Å². The molecule has 0 aliphatic rings. The van der Waals surface area contributed by atoms with Crippen molar-refractivity contribution in [1.82, 2.24) is 4.98 Å². The van der Waals surface area contributed by atoms with Gasteiger partial charge < -0.3 is 15.2 Å². The fourth-order valence-corrected chi connectivity index (χ4v) is 1.88. The van der Waals surface area contributed by atoms with Crippen molar-refractivity contribution in [1.29, 1.82) is 0 Å². The number of aryl methyl sites for hydroxylation is 1. The van der Waals surface area contributed by atoms with Crippen molar-refractivity contribution >= 4 is 11.8 Å². The van der Waals surface area contributed by atoms with Crippen molar-refractivity contribution in [3.05, 3.63) is 23.4 Å². The standard InChI is InChI=1S/C13H20N2O3/c1-4-5-10(8-18-3)15-12-11(13(16)17)9(2)6-7-14-12/h6-7,10H,4-5,8H2,1-3H3,(H,14,15)(H,16,17). The van der Waals surface area contributed by atoms with Gasteiger partial charge in [0, 0.05) is 13.3 Å². The molecule has 18 heavy (non-hydrogen) atoms. The number of ether oxygens (including phenoxy) is 1. The number of nitrogens with one attached hydrogen (secondary N) is 1. The first kappa shape index (κ1) is 14.4. The first-order valence-electron chi connectivity index (χ1n) is 6.04. The van der Waals surface area contributed by atoms with Crippen LogP contribution >= 0.6 is 0 Å². The van der Waals surface area contributed by atoms with Crippen molar-refractivity contribution in [2.45, 2.75) is 32.7 Å². The van der Waals surface area contributed by atoms with E-state index in [9.17, 15) is 9.90 Å². The van der Waals surface area contributed by atoms with E-state index in [4.69, 9.17) is 4.74 Å². The average molecular weight is 252 g/mol. The Morgan fingerprint density at radius 3 is 2.89 bits per heavy atom. The predicted octanol–water partition coefficient (Wildman–Crippen LogP) is 2.32. The Balaban J connectivity index is 2.94. The minimum Gasteiger partial charge on any atom is -0.478 e. The first-order chi connectivity index (χ1) is 8.60. The molecular weight excluding hydrogens is 232 g/mol. The second-order valence-corrected chi connectivity index (χ2v) is 4.24. The lowest BCUT2D eigenvalue weighted by molar-refractivity contribution is 0.0696. The van der Waals surface area contributed by atoms with Crippen LogP contribution in [0.2, 0.25) is 0 Å². The van der Waals surface area contributed by atoms with Gasteiger partial charge in [-0.1, -0.05) is 13.3 Å². The number of aromatic carboxylic acids is 1. The van der Waals surface area contributed by atoms with Crippen molar-refractivity contribution in [2.75, 3.05) is 19.0 Å². The SMILES string of the molecule is CCCC(COC)Nc1nccc(C)c1C(=O)O. The summed E-state index contributed by atoms with van der Waals surface area (Å²) in [6, 6.07) is 1.77. The first-order valence-corrected chi connectivity index (χ1v) is 6.04. The minimum atomic E-state index is -0.962. The van der Waals surface area contributed by atoms with Crippen LogP contribution in [0.15, 0.2) is 12.3 Å². The maximum absolute atomic E-state index is 11.2. The van der Waals surface area contributed by atoms with Gasteiger partial charge in [0.15, 0.2) is 0 Å². The molecule has 0 aliphatic heterocycles. The van der Waals surface area contributed by atoms with E-state index in [0.29, 0.717) is 18.0 Å². The van der Waals surface area contributed by atoms with Gasteiger partial charge >= 0.3 is 5.97 Å². The van der Waals surface area contributed by atoms with Crippen LogP contribution in [0.3, 0.4) is 0 Å². The molecule has 0 saturated carbocycles. The Bertz CT molecular complexity index is 401. The van der Waals surface area contributed by atoms with Crippen LogP contribution in [0, 0.1) is 6.92 Å². The second-order valence-electron chi connectivity index (χ2n) is 4.24. The van der Waals surface area contributed by atoms with Gasteiger partial charge in [0.1, 0.15) is 11.4 Å². The van der Waals surface area contributed by atoms with Crippen molar-refractivity contribution in [3.8, 4) is 0 Å². The van der Waals surface area contributed by atoms with E-state index in [0.717, 1.165) is 12.8 Å². The molecule has 1 unspecified atom stereocenters. The van der Waals surface area contributed by atoms with Crippen molar-refractivity contribution in [2.24, 2.45) is 0 Å². The number of aromatic nitrogens is 1. The van der Waals surface area contributed by atoms with Crippen LogP contribution in [0.1, 0.15) is 35.7 Å². The third-order valence-electron chi connectivity index (χ3n) is 2.72. The lowest BCUT2D eigenvalue weighted by atomic mass is 10.1. The highest BCUT2D eigenvalue weighted by molar-refractivity contribution is 5.94. The lowest BCUT2D eigenvalue weighted by Crippen LogP contribution is -2.26. The van der Waals surface area contributed by atoms with E-state index in [1.807, 2.05) is 0 Å². The van der Waals surface area contributed by atoms with Crippen molar-refractivity contribution in [3.63, 3.8) is 0 Å². The molecule has 1 atom stereocenters. The topological polar surface area (TPSA) is 71.5 Å². The monoisotopic (exact) mass is 252 g/mol. The zero-order valence-corrected chi connectivity index (χ0v) is 11.1. The molecule has 0 aromatic carbocycles. The Labute approximate surface area is 107 Å². The van der Waals surface area contributed by atoms with E-state index < -0.39 is 5.97 Å². The number of carboxylic acid groups (broad SMARTS) is 1. The molecule has 1 aromatic rings. The van der Waals surface area contributed by atoms with Gasteiger partial charge in [-0.3, -0.25) is 0 Å². The molecule has 1 rings (SSSR count). The molecule has 1 aromatic heterocycles. The highest BCUT2D eigenvalue weighted by Gasteiger charge is 2.17. The molecule has 0 amide bonds. The average Bonchev–Trinajstić information content (AvgIpc) is 2.29. The van der Waals surface area contributed by atoms with E-state index >= 15 is 0 Å². The fraction of sp³-hybridized carbons (Fsp3) is 0.538. The van der Waals surface area contributed by atoms with Gasteiger partial charge in [-0.25, -0.2) is 9.78 Å². The second kappa shape index (κ2) is 6.96. The molecule has 100 valence electrons. The number of hydrogen-bond donors (Lipinski definition) is 2. The van der Waals surface area contributed by atoms with Crippen LogP contribution in [-0.4, -0.2) is 35.8 Å². The predicted molar refractivity (Wildman–Crippen MR) is 70.1 cm³/mol. The zero-order chi connectivity index (χ0) is 13.5. The molecule has 0 fully saturated rings. The van der Waals surface area contributed by atoms with Crippen LogP contribution in [0.4, 0.5) is 5.82 Å². The molecular formula is C13H20N2O3. The summed E-state index contributed by atoms with van der Waals surface area (Å²) in [6.07, 6.45) is 3.51. The Morgan fingerprint density at radius 2 is 2.33 bits per heavy atom. The number of carbonyl (C=O) groups is 1. The number of pyridine rings is 1. The van der Waals surface area contributed by atoms with E-state index in [1.165, 1.54) is 0 Å². The van der Waals surface area contributed by atoms with E-state index in [2.05, 4.69) is 17.2 Å². The number of hydrogen-bond acceptors (Lipinski definition) is 4. The van der Waals surface area contributed by atoms with Crippen molar-refractivity contribution < 1.29 is 14.6 Å². The number of nitrogens with zero attached hydrogens (tertiary/aromatic N) is 1. The summed E-state index contributed by atoms with van der Waals surface area (Å²) in [7, 11) is 1.63. The Kier molecular flexibility index (Phi) is 5.58. The number of rotatable bonds is 7. The number of anilines is 1. The maximum atomic E-state index is 11.2. The molecule has 0 bridgehead atoms. The quantitative estimate of drug-likeness (QED) is 0.779. The van der Waals surface area contributed by atoms with Gasteiger partial charge in [0.2, 0.25) is 0 Å². The summed E-state index contributed by atoms with van der Waals surface area (Å²) < 4.78 is 5.12. The summed E-state index contributed by atoms with van der Waals surface area (Å²) in [5.41, 5.74) is 0.933. The van der Waals surface area contributed by atoms with Gasteiger partial charge in [-0.2, -0.15) is 0 Å². The van der Waals surface area contributed by atoms with Crippen LogP contribution in [0.25, 0.3) is 0 Å². The molecule has 5 heteroatoms. The van der Waals surface area contributed by atoms with E-state index in [-0.39, 0.29) is 11.6 Å². The molecule has 1 heterocycles. The molecule has 5 nitrogen and oxygen atoms in total. The fourth-order valence-electron chi connectivity index (χ4n) is 1.88. The summed E-state index contributed by atoms with van der Waals surface area (Å²) >= 11 is 0. The molecule has 0 spiro atoms. The van der Waals surface area contributed by atoms with Gasteiger partial charge in [0.25, 0.3) is 0 Å². The lowest BCUT2D eigenvalue weighted by Gasteiger charge is -2.19. The van der Waals surface area contributed by atoms with Crippen LogP contribution in [-0.2, 0) is 4.74 Å². The number of carboxylic acids is 1. The summed E-state index contributed by atoms with van der Waals surface area (Å²) in [5.74, 6) is -0.547. The highest BCUT2D eigenvalue weighted by atomic mass is 16.5. The Hall–Kier alpha value is -1.62. The molecule has 2 N–H and O–H groups in total. The van der Waals surface area contributed by atoms with E-state index in [1.54, 1.807) is 26.3 Å². The summed E-state index contributed by atoms with van der Waals surface area (Å²) in [4.78, 5) is 15.3. The smallest absolute Gasteiger partial charge is 0.339 e. The summed E-state index contributed by atoms with van der Waals surface area (Å²) in [5, 5.41) is 12.4. The maximum Gasteiger partial charge on any atom is 0.339 e. The highest BCUT2D eigenvalue weighted by Crippen LogP contribution is 2.18. The third kappa shape index (κ3) is 3.70. The summed E-state index contributed by atoms with van der Waals surface area (Å²) in [6.45, 7) is 4.37.